The summed E-state index contributed by atoms with van der Waals surface area (Å²) in [4.78, 5) is 5.15. The Labute approximate surface area is 171 Å². The number of para-hydroxylation sites is 2. The molecule has 0 fully saturated rings. The molecule has 0 aliphatic rings. The minimum Gasteiger partial charge on any atom is -0.491 e. The average molecular weight is 421 g/mol. The molecule has 2 aromatic carbocycles. The van der Waals surface area contributed by atoms with Gasteiger partial charge < -0.3 is 10.5 Å². The molecule has 0 aliphatic heterocycles. The molecule has 158 valence electrons. The molecule has 29 heavy (non-hydrogen) atoms. The van der Waals surface area contributed by atoms with Crippen LogP contribution >= 0.6 is 0 Å². The second-order valence-corrected chi connectivity index (χ2v) is 8.10. The van der Waals surface area contributed by atoms with E-state index in [2.05, 4.69) is 17.1 Å². The molecule has 2 aromatic rings. The molecule has 2 rings (SSSR count). The van der Waals surface area contributed by atoms with Crippen molar-refractivity contribution in [2.45, 2.75) is 37.5 Å². The Kier molecular flexibility index (Phi) is 8.75. The second-order valence-electron chi connectivity index (χ2n) is 6.42. The third-order valence-electron chi connectivity index (χ3n) is 4.01. The number of ether oxygens (including phenoxy) is 1. The summed E-state index contributed by atoms with van der Waals surface area (Å²) in [7, 11) is -3.72. The van der Waals surface area contributed by atoms with Crippen LogP contribution in [0.2, 0.25) is 0 Å². The highest BCUT2D eigenvalue weighted by Crippen LogP contribution is 2.27. The van der Waals surface area contributed by atoms with Crippen molar-refractivity contribution in [3.8, 4) is 5.75 Å². The van der Waals surface area contributed by atoms with E-state index in [1.807, 2.05) is 12.1 Å². The van der Waals surface area contributed by atoms with E-state index in [4.69, 9.17) is 20.7 Å². The van der Waals surface area contributed by atoms with Crippen LogP contribution in [0.25, 0.3) is 0 Å². The Bertz CT molecular complexity index is 886. The Morgan fingerprint density at radius 3 is 2.48 bits per heavy atom. The molecule has 0 spiro atoms. The van der Waals surface area contributed by atoms with Crippen molar-refractivity contribution in [1.82, 2.24) is 5.48 Å². The van der Waals surface area contributed by atoms with E-state index in [0.29, 0.717) is 24.5 Å². The number of benzene rings is 2. The number of nitrogens with two attached hydrogens (primary N) is 1. The zero-order valence-corrected chi connectivity index (χ0v) is 17.3. The van der Waals surface area contributed by atoms with Crippen molar-refractivity contribution in [2.24, 2.45) is 5.73 Å². The van der Waals surface area contributed by atoms with Gasteiger partial charge in [-0.2, -0.15) is 0 Å². The summed E-state index contributed by atoms with van der Waals surface area (Å²) in [6, 6.07) is 13.8. The van der Waals surface area contributed by atoms with Gasteiger partial charge >= 0.3 is 0 Å². The molecule has 0 bridgehead atoms. The maximum Gasteiger partial charge on any atom is 0.262 e. The Morgan fingerprint density at radius 1 is 1.07 bits per heavy atom. The summed E-state index contributed by atoms with van der Waals surface area (Å²) in [6.07, 6.45) is 3.63. The molecule has 0 amide bonds. The first-order chi connectivity index (χ1) is 13.9. The molecule has 0 saturated carbocycles. The molecule has 0 unspecified atom stereocenters. The van der Waals surface area contributed by atoms with E-state index in [1.165, 1.54) is 0 Å². The predicted octanol–water partition coefficient (Wildman–Crippen LogP) is 3.01. The van der Waals surface area contributed by atoms with E-state index >= 15 is 0 Å². The lowest BCUT2D eigenvalue weighted by Gasteiger charge is -2.14. The first kappa shape index (κ1) is 22.5. The third kappa shape index (κ3) is 7.63. The maximum atomic E-state index is 12.7. The van der Waals surface area contributed by atoms with Crippen LogP contribution in [0.3, 0.4) is 0 Å². The van der Waals surface area contributed by atoms with Gasteiger partial charge in [0.05, 0.1) is 23.8 Å². The zero-order chi connectivity index (χ0) is 21.1. The molecule has 9 heteroatoms. The van der Waals surface area contributed by atoms with Gasteiger partial charge in [-0.25, -0.2) is 13.9 Å². The lowest BCUT2D eigenvalue weighted by Crippen LogP contribution is -2.30. The Morgan fingerprint density at radius 2 is 1.79 bits per heavy atom. The third-order valence-corrected chi connectivity index (χ3v) is 5.40. The molecule has 0 aliphatic carbocycles. The van der Waals surface area contributed by atoms with Crippen LogP contribution in [0.4, 0.5) is 5.69 Å². The molecule has 0 aromatic heterocycles. The molecule has 0 saturated heterocycles. The summed E-state index contributed by atoms with van der Waals surface area (Å²) < 4.78 is 33.7. The monoisotopic (exact) mass is 420 g/mol. The van der Waals surface area contributed by atoms with Crippen molar-refractivity contribution in [3.63, 3.8) is 0 Å². The Hall–Kier alpha value is -2.78. The van der Waals surface area contributed by atoms with Gasteiger partial charge in [0.25, 0.3) is 10.0 Å². The SMILES string of the molecule is CCCCc1ccc(S(=O)(=O)Nc2ccccc2OCCCONC(=N)N)cc1. The molecule has 5 N–H and O–H groups in total. The summed E-state index contributed by atoms with van der Waals surface area (Å²) in [6.45, 7) is 2.72. The fourth-order valence-corrected chi connectivity index (χ4v) is 3.61. The summed E-state index contributed by atoms with van der Waals surface area (Å²) in [5.41, 5.74) is 8.83. The highest BCUT2D eigenvalue weighted by atomic mass is 32.2. The highest BCUT2D eigenvalue weighted by molar-refractivity contribution is 7.92. The van der Waals surface area contributed by atoms with E-state index < -0.39 is 10.0 Å². The number of guanidine groups is 1. The van der Waals surface area contributed by atoms with E-state index in [1.54, 1.807) is 36.4 Å². The van der Waals surface area contributed by atoms with E-state index in [0.717, 1.165) is 24.8 Å². The fraction of sp³-hybridized carbons (Fsp3) is 0.350. The number of anilines is 1. The zero-order valence-electron chi connectivity index (χ0n) is 16.5. The maximum absolute atomic E-state index is 12.7. The summed E-state index contributed by atoms with van der Waals surface area (Å²) >= 11 is 0. The predicted molar refractivity (Wildman–Crippen MR) is 113 cm³/mol. The van der Waals surface area contributed by atoms with Crippen LogP contribution < -0.4 is 20.7 Å². The quantitative estimate of drug-likeness (QED) is 0.181. The number of hydrogen-bond acceptors (Lipinski definition) is 5. The van der Waals surface area contributed by atoms with Crippen LogP contribution in [0.1, 0.15) is 31.7 Å². The molecular weight excluding hydrogens is 392 g/mol. The summed E-state index contributed by atoms with van der Waals surface area (Å²) in [5, 5.41) is 6.98. The van der Waals surface area contributed by atoms with Gasteiger partial charge in [0.1, 0.15) is 5.75 Å². The fourth-order valence-electron chi connectivity index (χ4n) is 2.54. The number of unbranched alkanes of at least 4 members (excludes halogenated alkanes) is 1. The Balaban J connectivity index is 1.97. The normalized spacial score (nSPS) is 11.1. The van der Waals surface area contributed by atoms with Crippen LogP contribution in [0.15, 0.2) is 53.4 Å². The van der Waals surface area contributed by atoms with Gasteiger partial charge in [-0.1, -0.05) is 37.6 Å². The summed E-state index contributed by atoms with van der Waals surface area (Å²) in [5.74, 6) is 0.152. The first-order valence-electron chi connectivity index (χ1n) is 9.48. The van der Waals surface area contributed by atoms with Gasteiger partial charge in [0.15, 0.2) is 0 Å². The lowest BCUT2D eigenvalue weighted by atomic mass is 10.1. The van der Waals surface area contributed by atoms with Crippen LogP contribution in [-0.2, 0) is 21.3 Å². The number of nitrogens with one attached hydrogen (secondary N) is 3. The molecule has 0 atom stereocenters. The average Bonchev–Trinajstić information content (AvgIpc) is 2.70. The first-order valence-corrected chi connectivity index (χ1v) is 11.0. The van der Waals surface area contributed by atoms with E-state index in [9.17, 15) is 8.42 Å². The second kappa shape index (κ2) is 11.3. The number of aryl methyl sites for hydroxylation is 1. The van der Waals surface area contributed by atoms with Crippen LogP contribution in [0.5, 0.6) is 5.75 Å². The molecule has 8 nitrogen and oxygen atoms in total. The lowest BCUT2D eigenvalue weighted by molar-refractivity contribution is 0.0734. The van der Waals surface area contributed by atoms with Crippen molar-refractivity contribution in [3.05, 3.63) is 54.1 Å². The number of sulfonamides is 1. The minimum atomic E-state index is -3.72. The van der Waals surface area contributed by atoms with Crippen LogP contribution in [0, 0.1) is 5.41 Å². The highest BCUT2D eigenvalue weighted by Gasteiger charge is 2.16. The number of hydrogen-bond donors (Lipinski definition) is 4. The van der Waals surface area contributed by atoms with Crippen molar-refractivity contribution in [2.75, 3.05) is 17.9 Å². The number of rotatable bonds is 12. The molecular formula is C20H28N4O4S. The van der Waals surface area contributed by atoms with Gasteiger partial charge in [0.2, 0.25) is 5.96 Å². The van der Waals surface area contributed by atoms with Crippen molar-refractivity contribution in [1.29, 1.82) is 5.41 Å². The number of hydroxylamine groups is 1. The van der Waals surface area contributed by atoms with Gasteiger partial charge in [-0.05, 0) is 42.7 Å². The standard InChI is InChI=1S/C20H28N4O4S/c1-2-3-7-16-10-12-17(13-11-16)29(25,26)24-18-8-4-5-9-19(18)27-14-6-15-28-23-20(21)22/h4-5,8-13,24H,2-3,6-7,14-15H2,1H3,(H4,21,22,23). The smallest absolute Gasteiger partial charge is 0.262 e. The van der Waals surface area contributed by atoms with Crippen LogP contribution in [-0.4, -0.2) is 27.6 Å². The minimum absolute atomic E-state index is 0.205. The van der Waals surface area contributed by atoms with E-state index in [-0.39, 0.29) is 17.5 Å². The largest absolute Gasteiger partial charge is 0.491 e. The van der Waals surface area contributed by atoms with Gasteiger partial charge in [0, 0.05) is 6.42 Å². The topological polar surface area (TPSA) is 127 Å². The van der Waals surface area contributed by atoms with Gasteiger partial charge in [-0.3, -0.25) is 15.0 Å². The molecule has 0 heterocycles. The van der Waals surface area contributed by atoms with Crippen molar-refractivity contribution >= 4 is 21.7 Å². The van der Waals surface area contributed by atoms with Crippen molar-refractivity contribution < 1.29 is 18.0 Å². The molecule has 0 radical (unpaired) electrons. The van der Waals surface area contributed by atoms with Gasteiger partial charge in [-0.15, -0.1) is 0 Å².